The molecule has 0 fully saturated rings. The monoisotopic (exact) mass is 386 g/mol. The molecular formula is C14H18ClF3N2O5. The molecule has 25 heavy (non-hydrogen) atoms. The highest BCUT2D eigenvalue weighted by Crippen LogP contribution is 2.28. The van der Waals surface area contributed by atoms with E-state index in [0.717, 1.165) is 13.2 Å². The summed E-state index contributed by atoms with van der Waals surface area (Å²) in [5.74, 6) is -1.78. The zero-order chi connectivity index (χ0) is 18.3. The standard InChI is InChI=1S/C14H17F3N2O5.ClH/c1-22-6-9(18)12(20)19-10-4-3-8(13(21)23-2)5-11(10)24-7-14(15,16)17;/h3-5,9H,6-7,18H2,1-2H3,(H,19,20);1H. The lowest BCUT2D eigenvalue weighted by Gasteiger charge is -2.16. The first-order valence-electron chi connectivity index (χ1n) is 6.65. The Balaban J connectivity index is 0.00000576. The van der Waals surface area contributed by atoms with Gasteiger partial charge < -0.3 is 25.3 Å². The molecule has 0 aliphatic heterocycles. The van der Waals surface area contributed by atoms with Crippen molar-refractivity contribution in [3.8, 4) is 5.75 Å². The third-order valence-corrected chi connectivity index (χ3v) is 2.73. The molecule has 1 unspecified atom stereocenters. The van der Waals surface area contributed by atoms with E-state index in [4.69, 9.17) is 10.5 Å². The molecule has 142 valence electrons. The number of halogens is 4. The van der Waals surface area contributed by atoms with Gasteiger partial charge in [-0.15, -0.1) is 12.4 Å². The number of carbonyl (C=O) groups is 2. The highest BCUT2D eigenvalue weighted by Gasteiger charge is 2.29. The normalized spacial score (nSPS) is 11.9. The average molecular weight is 387 g/mol. The molecule has 0 saturated heterocycles. The summed E-state index contributed by atoms with van der Waals surface area (Å²) in [6, 6.07) is 2.50. The Morgan fingerprint density at radius 1 is 1.28 bits per heavy atom. The summed E-state index contributed by atoms with van der Waals surface area (Å²) in [7, 11) is 2.47. The number of alkyl halides is 3. The van der Waals surface area contributed by atoms with Crippen molar-refractivity contribution < 1.29 is 37.0 Å². The van der Waals surface area contributed by atoms with Crippen LogP contribution in [-0.4, -0.2) is 51.5 Å². The molecule has 1 aromatic rings. The zero-order valence-electron chi connectivity index (χ0n) is 13.4. The molecule has 1 aromatic carbocycles. The predicted octanol–water partition coefficient (Wildman–Crippen LogP) is 1.75. The highest BCUT2D eigenvalue weighted by molar-refractivity contribution is 5.97. The van der Waals surface area contributed by atoms with E-state index in [1.165, 1.54) is 19.2 Å². The van der Waals surface area contributed by atoms with E-state index < -0.39 is 30.7 Å². The number of nitrogens with one attached hydrogen (secondary N) is 1. The number of nitrogens with two attached hydrogens (primary N) is 1. The molecule has 0 saturated carbocycles. The van der Waals surface area contributed by atoms with Crippen LogP contribution in [0, 0.1) is 0 Å². The van der Waals surface area contributed by atoms with Crippen LogP contribution in [0.25, 0.3) is 0 Å². The molecule has 0 aromatic heterocycles. The summed E-state index contributed by atoms with van der Waals surface area (Å²) < 4.78 is 50.9. The number of rotatable bonds is 7. The Morgan fingerprint density at radius 3 is 2.44 bits per heavy atom. The molecule has 11 heteroatoms. The Hall–Kier alpha value is -2.04. The van der Waals surface area contributed by atoms with Gasteiger partial charge in [0.15, 0.2) is 6.61 Å². The van der Waals surface area contributed by atoms with Gasteiger partial charge in [-0.1, -0.05) is 0 Å². The van der Waals surface area contributed by atoms with Crippen LogP contribution in [0.15, 0.2) is 18.2 Å². The maximum absolute atomic E-state index is 12.3. The Labute approximate surface area is 148 Å². The van der Waals surface area contributed by atoms with Crippen LogP contribution < -0.4 is 15.8 Å². The van der Waals surface area contributed by atoms with Gasteiger partial charge in [0, 0.05) is 7.11 Å². The summed E-state index contributed by atoms with van der Waals surface area (Å²) in [6.07, 6.45) is -4.59. The van der Waals surface area contributed by atoms with Crippen LogP contribution in [-0.2, 0) is 14.3 Å². The second kappa shape index (κ2) is 10.1. The van der Waals surface area contributed by atoms with Crippen LogP contribution >= 0.6 is 12.4 Å². The van der Waals surface area contributed by atoms with Gasteiger partial charge in [-0.2, -0.15) is 13.2 Å². The summed E-state index contributed by atoms with van der Waals surface area (Å²) in [5.41, 5.74) is 5.44. The fourth-order valence-electron chi connectivity index (χ4n) is 1.63. The molecule has 0 radical (unpaired) electrons. The molecule has 0 heterocycles. The van der Waals surface area contributed by atoms with Gasteiger partial charge >= 0.3 is 12.1 Å². The first kappa shape index (κ1) is 23.0. The summed E-state index contributed by atoms with van der Waals surface area (Å²) in [6.45, 7) is -1.67. The third-order valence-electron chi connectivity index (χ3n) is 2.73. The Kier molecular flexibility index (Phi) is 9.24. The number of amides is 1. The van der Waals surface area contributed by atoms with E-state index in [1.54, 1.807) is 0 Å². The van der Waals surface area contributed by atoms with Gasteiger partial charge in [-0.05, 0) is 18.2 Å². The lowest BCUT2D eigenvalue weighted by atomic mass is 10.1. The predicted molar refractivity (Wildman–Crippen MR) is 85.1 cm³/mol. The fraction of sp³-hybridized carbons (Fsp3) is 0.429. The molecule has 1 rings (SSSR count). The van der Waals surface area contributed by atoms with Crippen LogP contribution in [0.4, 0.5) is 18.9 Å². The van der Waals surface area contributed by atoms with E-state index in [2.05, 4.69) is 14.8 Å². The first-order valence-corrected chi connectivity index (χ1v) is 6.65. The fourth-order valence-corrected chi connectivity index (χ4v) is 1.63. The van der Waals surface area contributed by atoms with Gasteiger partial charge in [-0.25, -0.2) is 4.79 Å². The van der Waals surface area contributed by atoms with Gasteiger partial charge in [-0.3, -0.25) is 4.79 Å². The van der Waals surface area contributed by atoms with Gasteiger partial charge in [0.25, 0.3) is 0 Å². The number of benzene rings is 1. The van der Waals surface area contributed by atoms with Crippen LogP contribution in [0.2, 0.25) is 0 Å². The molecule has 0 spiro atoms. The summed E-state index contributed by atoms with van der Waals surface area (Å²) in [5, 5.41) is 2.33. The molecule has 0 bridgehead atoms. The number of carbonyl (C=O) groups excluding carboxylic acids is 2. The largest absolute Gasteiger partial charge is 0.482 e. The van der Waals surface area contributed by atoms with Crippen molar-refractivity contribution in [2.24, 2.45) is 5.73 Å². The van der Waals surface area contributed by atoms with E-state index >= 15 is 0 Å². The number of hydrogen-bond donors (Lipinski definition) is 2. The van der Waals surface area contributed by atoms with E-state index in [1.807, 2.05) is 0 Å². The highest BCUT2D eigenvalue weighted by atomic mass is 35.5. The van der Waals surface area contributed by atoms with Crippen molar-refractivity contribution in [3.63, 3.8) is 0 Å². The minimum Gasteiger partial charge on any atom is -0.482 e. The zero-order valence-corrected chi connectivity index (χ0v) is 14.2. The van der Waals surface area contributed by atoms with E-state index in [-0.39, 0.29) is 36.0 Å². The Morgan fingerprint density at radius 2 is 1.92 bits per heavy atom. The number of ether oxygens (including phenoxy) is 3. The van der Waals surface area contributed by atoms with Crippen molar-refractivity contribution in [2.75, 3.05) is 32.8 Å². The SMILES string of the molecule is COCC(N)C(=O)Nc1ccc(C(=O)OC)cc1OCC(F)(F)F.Cl. The number of hydrogen-bond acceptors (Lipinski definition) is 6. The minimum absolute atomic E-state index is 0. The maximum Gasteiger partial charge on any atom is 0.422 e. The minimum atomic E-state index is -4.59. The number of anilines is 1. The quantitative estimate of drug-likeness (QED) is 0.692. The summed E-state index contributed by atoms with van der Waals surface area (Å²) >= 11 is 0. The average Bonchev–Trinajstić information content (AvgIpc) is 2.52. The topological polar surface area (TPSA) is 99.9 Å². The van der Waals surface area contributed by atoms with Gasteiger partial charge in [0.1, 0.15) is 11.8 Å². The first-order chi connectivity index (χ1) is 11.2. The molecule has 7 nitrogen and oxygen atoms in total. The third kappa shape index (κ3) is 7.59. The second-order valence-corrected chi connectivity index (χ2v) is 4.66. The lowest BCUT2D eigenvalue weighted by Crippen LogP contribution is -2.39. The van der Waals surface area contributed by atoms with Crippen molar-refractivity contribution in [1.82, 2.24) is 0 Å². The second-order valence-electron chi connectivity index (χ2n) is 4.66. The number of esters is 1. The Bertz CT molecular complexity index is 598. The molecule has 0 aliphatic carbocycles. The molecule has 1 amide bonds. The molecule has 3 N–H and O–H groups in total. The summed E-state index contributed by atoms with van der Waals surface area (Å²) in [4.78, 5) is 23.3. The molecule has 0 aliphatic rings. The van der Waals surface area contributed by atoms with Crippen molar-refractivity contribution in [1.29, 1.82) is 0 Å². The van der Waals surface area contributed by atoms with E-state index in [0.29, 0.717) is 0 Å². The molecule has 1 atom stereocenters. The van der Waals surface area contributed by atoms with E-state index in [9.17, 15) is 22.8 Å². The molecular weight excluding hydrogens is 369 g/mol. The van der Waals surface area contributed by atoms with Crippen molar-refractivity contribution in [2.45, 2.75) is 12.2 Å². The van der Waals surface area contributed by atoms with Gasteiger partial charge in [0.05, 0.1) is 25.0 Å². The maximum atomic E-state index is 12.3. The van der Waals surface area contributed by atoms with Crippen LogP contribution in [0.1, 0.15) is 10.4 Å². The smallest absolute Gasteiger partial charge is 0.422 e. The van der Waals surface area contributed by atoms with Crippen LogP contribution in [0.3, 0.4) is 0 Å². The van der Waals surface area contributed by atoms with Gasteiger partial charge in [0.2, 0.25) is 5.91 Å². The lowest BCUT2D eigenvalue weighted by molar-refractivity contribution is -0.153. The number of methoxy groups -OCH3 is 2. The van der Waals surface area contributed by atoms with Crippen molar-refractivity contribution >= 4 is 30.0 Å². The van der Waals surface area contributed by atoms with Crippen LogP contribution in [0.5, 0.6) is 5.75 Å². The van der Waals surface area contributed by atoms with Crippen molar-refractivity contribution in [3.05, 3.63) is 23.8 Å².